The van der Waals surface area contributed by atoms with Gasteiger partial charge in [0.1, 0.15) is 5.82 Å². The quantitative estimate of drug-likeness (QED) is 0.813. The summed E-state index contributed by atoms with van der Waals surface area (Å²) in [5.74, 6) is 1.52. The molecule has 1 fully saturated rings. The van der Waals surface area contributed by atoms with Gasteiger partial charge in [-0.05, 0) is 32.3 Å². The summed E-state index contributed by atoms with van der Waals surface area (Å²) in [6, 6.07) is 6.36. The molecule has 88 valence electrons. The molecular weight excluding hydrogens is 202 g/mol. The Hall–Kier alpha value is -1.29. The molecular formula is C12H19N3O. The van der Waals surface area contributed by atoms with E-state index in [-0.39, 0.29) is 6.04 Å². The number of rotatable bonds is 4. The van der Waals surface area contributed by atoms with Crippen molar-refractivity contribution in [2.45, 2.75) is 38.3 Å². The predicted octanol–water partition coefficient (Wildman–Crippen LogP) is 1.77. The normalized spacial score (nSPS) is 24.4. The van der Waals surface area contributed by atoms with Crippen molar-refractivity contribution < 1.29 is 4.74 Å². The fraction of sp³-hybridized carbons (Fsp3) is 0.583. The minimum Gasteiger partial charge on any atom is -0.478 e. The van der Waals surface area contributed by atoms with E-state index in [2.05, 4.69) is 10.3 Å². The molecule has 3 N–H and O–H groups in total. The second-order valence-electron chi connectivity index (χ2n) is 4.14. The van der Waals surface area contributed by atoms with E-state index in [0.29, 0.717) is 18.5 Å². The van der Waals surface area contributed by atoms with Gasteiger partial charge in [-0.3, -0.25) is 0 Å². The highest BCUT2D eigenvalue weighted by atomic mass is 16.5. The molecule has 0 aliphatic heterocycles. The third kappa shape index (κ3) is 2.64. The Balaban J connectivity index is 2.00. The lowest BCUT2D eigenvalue weighted by Gasteiger charge is -2.18. The molecule has 1 aliphatic carbocycles. The van der Waals surface area contributed by atoms with Gasteiger partial charge in [-0.25, -0.2) is 0 Å². The maximum atomic E-state index is 6.00. The van der Waals surface area contributed by atoms with Crippen molar-refractivity contribution in [2.24, 2.45) is 5.73 Å². The van der Waals surface area contributed by atoms with Crippen LogP contribution in [0.5, 0.6) is 5.88 Å². The largest absolute Gasteiger partial charge is 0.478 e. The zero-order valence-corrected chi connectivity index (χ0v) is 9.65. The molecule has 1 saturated carbocycles. The van der Waals surface area contributed by atoms with Crippen LogP contribution in [0.4, 0.5) is 5.82 Å². The number of anilines is 1. The number of ether oxygens (including phenoxy) is 1. The van der Waals surface area contributed by atoms with Crippen molar-refractivity contribution in [1.29, 1.82) is 0 Å². The lowest BCUT2D eigenvalue weighted by molar-refractivity contribution is 0.327. The lowest BCUT2D eigenvalue weighted by Crippen LogP contribution is -2.35. The van der Waals surface area contributed by atoms with E-state index >= 15 is 0 Å². The third-order valence-corrected chi connectivity index (χ3v) is 2.92. The molecule has 16 heavy (non-hydrogen) atoms. The molecule has 0 amide bonds. The molecule has 1 aliphatic rings. The smallest absolute Gasteiger partial charge is 0.215 e. The number of nitrogens with two attached hydrogens (primary N) is 1. The molecule has 0 aromatic carbocycles. The number of pyridine rings is 1. The highest BCUT2D eigenvalue weighted by Gasteiger charge is 2.23. The summed E-state index contributed by atoms with van der Waals surface area (Å²) in [4.78, 5) is 4.37. The summed E-state index contributed by atoms with van der Waals surface area (Å²) < 4.78 is 5.36. The summed E-state index contributed by atoms with van der Waals surface area (Å²) in [7, 11) is 0. The second-order valence-corrected chi connectivity index (χ2v) is 4.14. The number of hydrogen-bond donors (Lipinski definition) is 2. The topological polar surface area (TPSA) is 60.2 Å². The molecule has 1 aromatic rings. The average molecular weight is 221 g/mol. The monoisotopic (exact) mass is 221 g/mol. The van der Waals surface area contributed by atoms with Crippen molar-refractivity contribution in [1.82, 2.24) is 4.98 Å². The molecule has 0 saturated heterocycles. The molecule has 2 rings (SSSR count). The van der Waals surface area contributed by atoms with Crippen LogP contribution in [-0.4, -0.2) is 23.7 Å². The van der Waals surface area contributed by atoms with Gasteiger partial charge in [0.05, 0.1) is 6.61 Å². The van der Waals surface area contributed by atoms with E-state index in [0.717, 1.165) is 18.7 Å². The molecule has 2 atom stereocenters. The van der Waals surface area contributed by atoms with Gasteiger partial charge in [0.2, 0.25) is 5.88 Å². The maximum Gasteiger partial charge on any atom is 0.215 e. The maximum absolute atomic E-state index is 6.00. The first-order valence-electron chi connectivity index (χ1n) is 5.91. The Morgan fingerprint density at radius 3 is 3.06 bits per heavy atom. The van der Waals surface area contributed by atoms with E-state index in [4.69, 9.17) is 10.5 Å². The summed E-state index contributed by atoms with van der Waals surface area (Å²) in [6.45, 7) is 2.59. The van der Waals surface area contributed by atoms with E-state index < -0.39 is 0 Å². The van der Waals surface area contributed by atoms with E-state index in [1.54, 1.807) is 0 Å². The van der Waals surface area contributed by atoms with E-state index in [1.807, 2.05) is 25.1 Å². The first-order valence-corrected chi connectivity index (χ1v) is 5.91. The van der Waals surface area contributed by atoms with Gasteiger partial charge in [0.15, 0.2) is 0 Å². The SMILES string of the molecule is CCOc1cccc(NC2CCCC2N)n1. The van der Waals surface area contributed by atoms with Crippen molar-refractivity contribution in [3.8, 4) is 5.88 Å². The lowest BCUT2D eigenvalue weighted by atomic mass is 10.2. The van der Waals surface area contributed by atoms with Crippen LogP contribution in [0.3, 0.4) is 0 Å². The van der Waals surface area contributed by atoms with Crippen LogP contribution in [-0.2, 0) is 0 Å². The van der Waals surface area contributed by atoms with Crippen LogP contribution >= 0.6 is 0 Å². The molecule has 4 heteroatoms. The van der Waals surface area contributed by atoms with Gasteiger partial charge in [0, 0.05) is 18.2 Å². The van der Waals surface area contributed by atoms with Gasteiger partial charge in [-0.1, -0.05) is 6.07 Å². The molecule has 0 bridgehead atoms. The highest BCUT2D eigenvalue weighted by molar-refractivity contribution is 5.38. The summed E-state index contributed by atoms with van der Waals surface area (Å²) in [6.07, 6.45) is 3.43. The molecule has 2 unspecified atom stereocenters. The summed E-state index contributed by atoms with van der Waals surface area (Å²) in [5, 5.41) is 3.37. The van der Waals surface area contributed by atoms with Gasteiger partial charge in [0.25, 0.3) is 0 Å². The Bertz CT molecular complexity index is 343. The predicted molar refractivity (Wildman–Crippen MR) is 64.6 cm³/mol. The first kappa shape index (κ1) is 11.2. The van der Waals surface area contributed by atoms with Crippen molar-refractivity contribution in [2.75, 3.05) is 11.9 Å². The molecule has 0 radical (unpaired) electrons. The molecule has 1 aromatic heterocycles. The van der Waals surface area contributed by atoms with Crippen molar-refractivity contribution in [3.63, 3.8) is 0 Å². The Morgan fingerprint density at radius 2 is 2.38 bits per heavy atom. The van der Waals surface area contributed by atoms with Gasteiger partial charge in [-0.2, -0.15) is 4.98 Å². The zero-order valence-electron chi connectivity index (χ0n) is 9.65. The molecule has 0 spiro atoms. The van der Waals surface area contributed by atoms with Crippen molar-refractivity contribution in [3.05, 3.63) is 18.2 Å². The van der Waals surface area contributed by atoms with Crippen LogP contribution < -0.4 is 15.8 Å². The number of nitrogens with one attached hydrogen (secondary N) is 1. The Labute approximate surface area is 96.2 Å². The van der Waals surface area contributed by atoms with Gasteiger partial charge >= 0.3 is 0 Å². The number of nitrogens with zero attached hydrogens (tertiary/aromatic N) is 1. The van der Waals surface area contributed by atoms with Crippen molar-refractivity contribution >= 4 is 5.82 Å². The highest BCUT2D eigenvalue weighted by Crippen LogP contribution is 2.21. The first-order chi connectivity index (χ1) is 7.79. The van der Waals surface area contributed by atoms with Crippen LogP contribution in [0.15, 0.2) is 18.2 Å². The summed E-state index contributed by atoms with van der Waals surface area (Å²) in [5.41, 5.74) is 6.00. The minimum absolute atomic E-state index is 0.248. The van der Waals surface area contributed by atoms with E-state index in [1.165, 1.54) is 6.42 Å². The third-order valence-electron chi connectivity index (χ3n) is 2.92. The van der Waals surface area contributed by atoms with Crippen LogP contribution in [0.25, 0.3) is 0 Å². The van der Waals surface area contributed by atoms with Gasteiger partial charge < -0.3 is 15.8 Å². The number of aromatic nitrogens is 1. The second kappa shape index (κ2) is 5.16. The van der Waals surface area contributed by atoms with Crippen LogP contribution in [0.2, 0.25) is 0 Å². The van der Waals surface area contributed by atoms with Gasteiger partial charge in [-0.15, -0.1) is 0 Å². The van der Waals surface area contributed by atoms with Crippen LogP contribution in [0, 0.1) is 0 Å². The molecule has 1 heterocycles. The summed E-state index contributed by atoms with van der Waals surface area (Å²) >= 11 is 0. The number of hydrogen-bond acceptors (Lipinski definition) is 4. The molecule has 4 nitrogen and oxygen atoms in total. The van der Waals surface area contributed by atoms with E-state index in [9.17, 15) is 0 Å². The fourth-order valence-electron chi connectivity index (χ4n) is 2.08. The van der Waals surface area contributed by atoms with Crippen LogP contribution in [0.1, 0.15) is 26.2 Å². The standard InChI is InChI=1S/C12H19N3O/c1-2-16-12-8-4-7-11(15-12)14-10-6-3-5-9(10)13/h4,7-10H,2-3,5-6,13H2,1H3,(H,14,15). The Kier molecular flexibility index (Phi) is 3.62. The zero-order chi connectivity index (χ0) is 11.4. The Morgan fingerprint density at radius 1 is 1.50 bits per heavy atom. The average Bonchev–Trinajstić information content (AvgIpc) is 2.66. The fourth-order valence-corrected chi connectivity index (χ4v) is 2.08. The minimum atomic E-state index is 0.248.